The normalized spacial score (nSPS) is 25.8. The van der Waals surface area contributed by atoms with E-state index in [0.29, 0.717) is 12.0 Å². The van der Waals surface area contributed by atoms with Crippen molar-refractivity contribution < 1.29 is 4.74 Å². The van der Waals surface area contributed by atoms with Crippen LogP contribution in [0.3, 0.4) is 0 Å². The van der Waals surface area contributed by atoms with Gasteiger partial charge in [0.25, 0.3) is 0 Å². The standard InChI is InChI=1S/C14H27NO/c1-6-7-8-9-11(2)13-15-14(4,5)10-12(3)16-13/h11-12H,6-10H2,1-5H3/t11-,12-/m0/s1. The van der Waals surface area contributed by atoms with E-state index in [2.05, 4.69) is 34.6 Å². The lowest BCUT2D eigenvalue weighted by Crippen LogP contribution is -2.36. The molecule has 1 aliphatic heterocycles. The van der Waals surface area contributed by atoms with E-state index >= 15 is 0 Å². The van der Waals surface area contributed by atoms with Crippen molar-refractivity contribution in [1.82, 2.24) is 0 Å². The Balaban J connectivity index is 2.54. The maximum Gasteiger partial charge on any atom is 0.186 e. The summed E-state index contributed by atoms with van der Waals surface area (Å²) in [5, 5.41) is 0. The molecule has 0 saturated heterocycles. The fourth-order valence-corrected chi connectivity index (χ4v) is 2.37. The zero-order valence-corrected chi connectivity index (χ0v) is 11.5. The maximum absolute atomic E-state index is 5.86. The summed E-state index contributed by atoms with van der Waals surface area (Å²) in [5.74, 6) is 1.47. The van der Waals surface area contributed by atoms with E-state index in [1.807, 2.05) is 0 Å². The summed E-state index contributed by atoms with van der Waals surface area (Å²) in [5.41, 5.74) is 0.0615. The second-order valence-corrected chi connectivity index (χ2v) is 5.79. The molecule has 2 heteroatoms. The van der Waals surface area contributed by atoms with E-state index in [9.17, 15) is 0 Å². The highest BCUT2D eigenvalue weighted by atomic mass is 16.5. The smallest absolute Gasteiger partial charge is 0.186 e. The van der Waals surface area contributed by atoms with Crippen LogP contribution < -0.4 is 0 Å². The number of ether oxygens (including phenoxy) is 1. The molecule has 0 aliphatic carbocycles. The van der Waals surface area contributed by atoms with E-state index in [1.54, 1.807) is 0 Å². The van der Waals surface area contributed by atoms with Gasteiger partial charge in [-0.05, 0) is 27.2 Å². The summed E-state index contributed by atoms with van der Waals surface area (Å²) in [4.78, 5) is 4.74. The first kappa shape index (κ1) is 13.5. The van der Waals surface area contributed by atoms with Gasteiger partial charge in [-0.1, -0.05) is 33.1 Å². The predicted octanol–water partition coefficient (Wildman–Crippen LogP) is 4.19. The van der Waals surface area contributed by atoms with Crippen molar-refractivity contribution in [2.24, 2.45) is 10.9 Å². The molecule has 1 rings (SSSR count). The molecule has 16 heavy (non-hydrogen) atoms. The van der Waals surface area contributed by atoms with Gasteiger partial charge in [-0.2, -0.15) is 0 Å². The number of hydrogen-bond acceptors (Lipinski definition) is 2. The van der Waals surface area contributed by atoms with Gasteiger partial charge in [-0.3, -0.25) is 0 Å². The van der Waals surface area contributed by atoms with Crippen LogP contribution in [0, 0.1) is 5.92 Å². The molecule has 0 aromatic carbocycles. The first-order valence-corrected chi connectivity index (χ1v) is 6.71. The van der Waals surface area contributed by atoms with Gasteiger partial charge in [0, 0.05) is 12.3 Å². The molecule has 0 unspecified atom stereocenters. The summed E-state index contributed by atoms with van der Waals surface area (Å²) >= 11 is 0. The zero-order chi connectivity index (χ0) is 12.2. The van der Waals surface area contributed by atoms with Gasteiger partial charge >= 0.3 is 0 Å². The highest BCUT2D eigenvalue weighted by molar-refractivity contribution is 5.79. The zero-order valence-electron chi connectivity index (χ0n) is 11.5. The highest BCUT2D eigenvalue weighted by Crippen LogP contribution is 2.27. The van der Waals surface area contributed by atoms with Crippen LogP contribution in [0.15, 0.2) is 4.99 Å². The molecule has 1 heterocycles. The summed E-state index contributed by atoms with van der Waals surface area (Å²) in [6, 6.07) is 0. The van der Waals surface area contributed by atoms with Crippen LogP contribution in [0.1, 0.15) is 66.7 Å². The molecular formula is C14H27NO. The lowest BCUT2D eigenvalue weighted by Gasteiger charge is -2.33. The molecule has 0 N–H and O–H groups in total. The Morgan fingerprint density at radius 3 is 2.69 bits per heavy atom. The largest absolute Gasteiger partial charge is 0.478 e. The summed E-state index contributed by atoms with van der Waals surface area (Å²) in [6.07, 6.45) is 6.43. The Hall–Kier alpha value is -0.530. The second-order valence-electron chi connectivity index (χ2n) is 5.79. The van der Waals surface area contributed by atoms with Gasteiger partial charge in [0.2, 0.25) is 0 Å². The van der Waals surface area contributed by atoms with Crippen LogP contribution in [0.5, 0.6) is 0 Å². The Labute approximate surface area is 100 Å². The molecule has 2 atom stereocenters. The third kappa shape index (κ3) is 4.15. The van der Waals surface area contributed by atoms with Gasteiger partial charge in [0.05, 0.1) is 11.6 Å². The highest BCUT2D eigenvalue weighted by Gasteiger charge is 2.29. The van der Waals surface area contributed by atoms with Crippen molar-refractivity contribution in [2.45, 2.75) is 78.4 Å². The van der Waals surface area contributed by atoms with Crippen LogP contribution in [0.2, 0.25) is 0 Å². The van der Waals surface area contributed by atoms with Crippen molar-refractivity contribution >= 4 is 5.90 Å². The van der Waals surface area contributed by atoms with Crippen LogP contribution in [0.4, 0.5) is 0 Å². The molecule has 0 amide bonds. The molecule has 2 nitrogen and oxygen atoms in total. The van der Waals surface area contributed by atoms with E-state index < -0.39 is 0 Å². The molecule has 0 bridgehead atoms. The van der Waals surface area contributed by atoms with Crippen molar-refractivity contribution in [1.29, 1.82) is 0 Å². The van der Waals surface area contributed by atoms with Crippen LogP contribution in [0.25, 0.3) is 0 Å². The topological polar surface area (TPSA) is 21.6 Å². The number of rotatable bonds is 5. The van der Waals surface area contributed by atoms with Gasteiger partial charge in [-0.15, -0.1) is 0 Å². The van der Waals surface area contributed by atoms with Crippen LogP contribution in [-0.4, -0.2) is 17.5 Å². The Morgan fingerprint density at radius 1 is 1.44 bits per heavy atom. The number of hydrogen-bond donors (Lipinski definition) is 0. The summed E-state index contributed by atoms with van der Waals surface area (Å²) in [6.45, 7) is 11.0. The van der Waals surface area contributed by atoms with E-state index in [-0.39, 0.29) is 5.54 Å². The molecular weight excluding hydrogens is 198 g/mol. The maximum atomic E-state index is 5.86. The quantitative estimate of drug-likeness (QED) is 0.643. The number of unbranched alkanes of at least 4 members (excludes halogenated alkanes) is 2. The average molecular weight is 225 g/mol. The van der Waals surface area contributed by atoms with Crippen molar-refractivity contribution in [3.63, 3.8) is 0 Å². The molecule has 0 fully saturated rings. The van der Waals surface area contributed by atoms with Gasteiger partial charge in [0.1, 0.15) is 0 Å². The van der Waals surface area contributed by atoms with Crippen molar-refractivity contribution in [3.8, 4) is 0 Å². The molecule has 94 valence electrons. The number of nitrogens with zero attached hydrogens (tertiary/aromatic N) is 1. The van der Waals surface area contributed by atoms with Crippen molar-refractivity contribution in [3.05, 3.63) is 0 Å². The molecule has 0 spiro atoms. The minimum Gasteiger partial charge on any atom is -0.478 e. The van der Waals surface area contributed by atoms with E-state index in [0.717, 1.165) is 12.3 Å². The Morgan fingerprint density at radius 2 is 2.12 bits per heavy atom. The van der Waals surface area contributed by atoms with Crippen LogP contribution in [-0.2, 0) is 4.74 Å². The molecule has 1 aliphatic rings. The number of aliphatic imine (C=N–C) groups is 1. The van der Waals surface area contributed by atoms with Crippen molar-refractivity contribution in [2.75, 3.05) is 0 Å². The Kier molecular flexibility index (Phi) is 4.82. The van der Waals surface area contributed by atoms with E-state index in [4.69, 9.17) is 9.73 Å². The predicted molar refractivity (Wildman–Crippen MR) is 70.0 cm³/mol. The van der Waals surface area contributed by atoms with Gasteiger partial charge in [-0.25, -0.2) is 4.99 Å². The minimum absolute atomic E-state index is 0.0615. The van der Waals surface area contributed by atoms with Gasteiger partial charge in [0.15, 0.2) is 5.90 Å². The fraction of sp³-hybridized carbons (Fsp3) is 0.929. The first-order valence-electron chi connectivity index (χ1n) is 6.71. The fourth-order valence-electron chi connectivity index (χ4n) is 2.37. The van der Waals surface area contributed by atoms with E-state index in [1.165, 1.54) is 25.7 Å². The molecule has 0 aromatic rings. The monoisotopic (exact) mass is 225 g/mol. The molecule has 0 aromatic heterocycles. The summed E-state index contributed by atoms with van der Waals surface area (Å²) in [7, 11) is 0. The average Bonchev–Trinajstić information content (AvgIpc) is 2.14. The van der Waals surface area contributed by atoms with Gasteiger partial charge < -0.3 is 4.74 Å². The molecule has 0 radical (unpaired) electrons. The SMILES string of the molecule is CCCCC[C@H](C)C1=NC(C)(C)C[C@H](C)O1. The first-order chi connectivity index (χ1) is 7.44. The minimum atomic E-state index is 0.0615. The molecule has 0 saturated carbocycles. The third-order valence-corrected chi connectivity index (χ3v) is 3.18. The Bertz CT molecular complexity index is 245. The van der Waals surface area contributed by atoms with Crippen LogP contribution >= 0.6 is 0 Å². The lowest BCUT2D eigenvalue weighted by molar-refractivity contribution is 0.131. The second kappa shape index (κ2) is 5.70. The lowest BCUT2D eigenvalue weighted by atomic mass is 9.94. The third-order valence-electron chi connectivity index (χ3n) is 3.18. The summed E-state index contributed by atoms with van der Waals surface area (Å²) < 4.78 is 5.86.